The maximum Gasteiger partial charge on any atom is 0.173 e. The molecule has 1 unspecified atom stereocenters. The lowest BCUT2D eigenvalue weighted by Gasteiger charge is -2.17. The lowest BCUT2D eigenvalue weighted by molar-refractivity contribution is 0.0474. The van der Waals surface area contributed by atoms with Gasteiger partial charge in [0.05, 0.1) is 32.7 Å². The van der Waals surface area contributed by atoms with Gasteiger partial charge >= 0.3 is 0 Å². The lowest BCUT2D eigenvalue weighted by Crippen LogP contribution is -2.14. The topological polar surface area (TPSA) is 98.0 Å². The van der Waals surface area contributed by atoms with Crippen LogP contribution < -0.4 is 15.0 Å². The third kappa shape index (κ3) is 5.22. The molecule has 0 amide bonds. The van der Waals surface area contributed by atoms with Gasteiger partial charge in [-0.1, -0.05) is 36.4 Å². The molecule has 0 radical (unpaired) electrons. The van der Waals surface area contributed by atoms with Gasteiger partial charge in [-0.2, -0.15) is 0 Å². The van der Waals surface area contributed by atoms with Gasteiger partial charge in [0.15, 0.2) is 22.6 Å². The molecule has 0 bridgehead atoms. The fourth-order valence-electron chi connectivity index (χ4n) is 4.48. The first-order valence-electron chi connectivity index (χ1n) is 12.1. The Kier molecular flexibility index (Phi) is 6.81. The fourth-order valence-corrected chi connectivity index (χ4v) is 4.48. The predicted octanol–water partition coefficient (Wildman–Crippen LogP) is 4.89. The third-order valence-electron chi connectivity index (χ3n) is 6.44. The molecule has 1 saturated carbocycles. The molecule has 2 aromatic heterocycles. The number of hydrogen-bond donors (Lipinski definition) is 2. The van der Waals surface area contributed by atoms with E-state index in [1.54, 1.807) is 13.4 Å². The molecule has 8 nitrogen and oxygen atoms in total. The molecule has 1 aliphatic carbocycles. The molecule has 2 N–H and O–H groups in total. The highest BCUT2D eigenvalue weighted by Gasteiger charge is 2.19. The van der Waals surface area contributed by atoms with Crippen LogP contribution in [0.4, 0.5) is 0 Å². The summed E-state index contributed by atoms with van der Waals surface area (Å²) in [5.41, 5.74) is 3.56. The van der Waals surface area contributed by atoms with Gasteiger partial charge < -0.3 is 23.8 Å². The molecule has 35 heavy (non-hydrogen) atoms. The zero-order chi connectivity index (χ0) is 24.2. The number of methoxy groups -OCH3 is 1. The number of imidazole rings is 1. The van der Waals surface area contributed by atoms with Crippen molar-refractivity contribution in [3.05, 3.63) is 77.3 Å². The van der Waals surface area contributed by atoms with Gasteiger partial charge in [-0.15, -0.1) is 0 Å². The molecule has 182 valence electrons. The van der Waals surface area contributed by atoms with Crippen LogP contribution in [0.25, 0.3) is 11.2 Å². The van der Waals surface area contributed by atoms with Crippen molar-refractivity contribution in [3.8, 4) is 11.5 Å². The van der Waals surface area contributed by atoms with Crippen molar-refractivity contribution in [1.29, 1.82) is 5.41 Å². The van der Waals surface area contributed by atoms with Gasteiger partial charge in [0.25, 0.3) is 0 Å². The maximum absolute atomic E-state index is 8.27. The molecular formula is C27H31N5O3. The summed E-state index contributed by atoms with van der Waals surface area (Å²) < 4.78 is 19.8. The van der Waals surface area contributed by atoms with Crippen LogP contribution in [-0.2, 0) is 17.9 Å². The number of fused-ring (bicyclic) bond motifs is 1. The number of aromatic amines is 1. The van der Waals surface area contributed by atoms with Crippen molar-refractivity contribution < 1.29 is 14.2 Å². The predicted molar refractivity (Wildman–Crippen MR) is 132 cm³/mol. The number of aromatic nitrogens is 4. The summed E-state index contributed by atoms with van der Waals surface area (Å²) >= 11 is 0. The Morgan fingerprint density at radius 1 is 1.09 bits per heavy atom. The molecule has 2 aromatic carbocycles. The van der Waals surface area contributed by atoms with Crippen molar-refractivity contribution in [1.82, 2.24) is 19.5 Å². The van der Waals surface area contributed by atoms with E-state index < -0.39 is 0 Å². The summed E-state index contributed by atoms with van der Waals surface area (Å²) in [7, 11) is 1.66. The van der Waals surface area contributed by atoms with Gasteiger partial charge in [0, 0.05) is 0 Å². The molecule has 2 heterocycles. The number of nitrogens with one attached hydrogen (secondary N) is 2. The van der Waals surface area contributed by atoms with E-state index in [-0.39, 0.29) is 17.7 Å². The molecule has 8 heteroatoms. The molecule has 5 rings (SSSR count). The van der Waals surface area contributed by atoms with Crippen molar-refractivity contribution in [3.63, 3.8) is 0 Å². The molecule has 1 atom stereocenters. The standard InChI is InChI=1S/C27H31N5O3/c1-18(34-16-19-8-4-3-5-9-19)26-30-24-25(28)29-17-32(27(24)31-26)15-20-12-13-22(33-2)23(14-20)35-21-10-6-7-11-21/h3-5,8-9,12-14,17-18,21,28H,6-7,10-11,15-16H2,1-2H3,(H,30,31). The first kappa shape index (κ1) is 23.1. The molecule has 4 aromatic rings. The first-order chi connectivity index (χ1) is 17.1. The Balaban J connectivity index is 1.38. The molecule has 1 aliphatic rings. The highest BCUT2D eigenvalue weighted by Crippen LogP contribution is 2.33. The first-order valence-corrected chi connectivity index (χ1v) is 12.1. The van der Waals surface area contributed by atoms with Crippen LogP contribution in [0.15, 0.2) is 54.9 Å². The van der Waals surface area contributed by atoms with Crippen molar-refractivity contribution in [2.75, 3.05) is 7.11 Å². The molecule has 0 aliphatic heterocycles. The van der Waals surface area contributed by atoms with Crippen molar-refractivity contribution >= 4 is 11.2 Å². The van der Waals surface area contributed by atoms with Gasteiger partial charge in [-0.25, -0.2) is 9.97 Å². The largest absolute Gasteiger partial charge is 0.493 e. The Bertz CT molecular complexity index is 1340. The lowest BCUT2D eigenvalue weighted by atomic mass is 10.2. The summed E-state index contributed by atoms with van der Waals surface area (Å²) in [6.07, 6.45) is 6.22. The van der Waals surface area contributed by atoms with E-state index in [1.165, 1.54) is 12.8 Å². The minimum atomic E-state index is -0.261. The van der Waals surface area contributed by atoms with Crippen LogP contribution in [0.3, 0.4) is 0 Å². The van der Waals surface area contributed by atoms with Crippen LogP contribution >= 0.6 is 0 Å². The quantitative estimate of drug-likeness (QED) is 0.360. The fraction of sp³-hybridized carbons (Fsp3) is 0.370. The SMILES string of the molecule is COc1ccc(Cn2cnc(=N)c3[nH]c(C(C)OCc4ccccc4)nc32)cc1OC1CCCC1. The smallest absolute Gasteiger partial charge is 0.173 e. The zero-order valence-electron chi connectivity index (χ0n) is 20.2. The van der Waals surface area contributed by atoms with E-state index in [0.29, 0.717) is 30.1 Å². The Hall–Kier alpha value is -3.65. The van der Waals surface area contributed by atoms with Crippen LogP contribution in [-0.4, -0.2) is 32.7 Å². The van der Waals surface area contributed by atoms with Gasteiger partial charge in [0.2, 0.25) is 0 Å². The van der Waals surface area contributed by atoms with Crippen molar-refractivity contribution in [2.24, 2.45) is 0 Å². The molecule has 0 spiro atoms. The van der Waals surface area contributed by atoms with Crippen molar-refractivity contribution in [2.45, 2.75) is 58.0 Å². The summed E-state index contributed by atoms with van der Waals surface area (Å²) in [6.45, 7) is 2.98. The minimum absolute atomic E-state index is 0.158. The Morgan fingerprint density at radius 3 is 2.66 bits per heavy atom. The monoisotopic (exact) mass is 473 g/mol. The number of nitrogens with zero attached hydrogens (tertiary/aromatic N) is 3. The van der Waals surface area contributed by atoms with E-state index >= 15 is 0 Å². The normalized spacial score (nSPS) is 14.9. The van der Waals surface area contributed by atoms with E-state index in [1.807, 2.05) is 60.0 Å². The molecule has 0 saturated heterocycles. The number of benzene rings is 2. The van der Waals surface area contributed by atoms with Crippen LogP contribution in [0.2, 0.25) is 0 Å². The number of H-pyrrole nitrogens is 1. The molecule has 1 fully saturated rings. The van der Waals surface area contributed by atoms with Gasteiger partial charge in [0.1, 0.15) is 17.4 Å². The highest BCUT2D eigenvalue weighted by atomic mass is 16.5. The van der Waals surface area contributed by atoms with Gasteiger partial charge in [-0.3, -0.25) is 5.41 Å². The second-order valence-electron chi connectivity index (χ2n) is 8.99. The summed E-state index contributed by atoms with van der Waals surface area (Å²) in [5, 5.41) is 8.27. The Morgan fingerprint density at radius 2 is 1.89 bits per heavy atom. The van der Waals surface area contributed by atoms with E-state index in [4.69, 9.17) is 24.6 Å². The summed E-state index contributed by atoms with van der Waals surface area (Å²) in [5.74, 6) is 2.18. The van der Waals surface area contributed by atoms with E-state index in [9.17, 15) is 0 Å². The van der Waals surface area contributed by atoms with Crippen LogP contribution in [0.1, 0.15) is 55.7 Å². The Labute approximate surface area is 204 Å². The number of rotatable bonds is 9. The summed E-state index contributed by atoms with van der Waals surface area (Å²) in [4.78, 5) is 12.3. The second-order valence-corrected chi connectivity index (χ2v) is 8.99. The number of ether oxygens (including phenoxy) is 3. The minimum Gasteiger partial charge on any atom is -0.493 e. The zero-order valence-corrected chi connectivity index (χ0v) is 20.2. The van der Waals surface area contributed by atoms with Crippen LogP contribution in [0, 0.1) is 5.41 Å². The summed E-state index contributed by atoms with van der Waals surface area (Å²) in [6, 6.07) is 16.0. The van der Waals surface area contributed by atoms with E-state index in [0.717, 1.165) is 35.5 Å². The molecular weight excluding hydrogens is 442 g/mol. The third-order valence-corrected chi connectivity index (χ3v) is 6.44. The number of hydrogen-bond acceptors (Lipinski definition) is 6. The maximum atomic E-state index is 8.27. The highest BCUT2D eigenvalue weighted by molar-refractivity contribution is 5.69. The van der Waals surface area contributed by atoms with Crippen LogP contribution in [0.5, 0.6) is 11.5 Å². The average molecular weight is 474 g/mol. The van der Waals surface area contributed by atoms with E-state index in [2.05, 4.69) is 9.97 Å². The van der Waals surface area contributed by atoms with Gasteiger partial charge in [-0.05, 0) is 55.9 Å². The second kappa shape index (κ2) is 10.3. The average Bonchev–Trinajstić information content (AvgIpc) is 3.56.